The standard InChI is InChI=1S/C18H15NO5S/c1-11-4-5-15-13(7-11)14(20)8-16(24-15)18(22)23-10-17(21)19-9-12-3-2-6-25-12/h2-8H,9-10H2,1H3,(H,19,21). The Balaban J connectivity index is 1.63. The third-order valence-corrected chi connectivity index (χ3v) is 4.33. The zero-order chi connectivity index (χ0) is 17.8. The Hall–Kier alpha value is -2.93. The van der Waals surface area contributed by atoms with E-state index in [2.05, 4.69) is 5.32 Å². The fraction of sp³-hybridized carbons (Fsp3) is 0.167. The van der Waals surface area contributed by atoms with Gasteiger partial charge in [0, 0.05) is 10.9 Å². The van der Waals surface area contributed by atoms with Crippen LogP contribution >= 0.6 is 11.3 Å². The van der Waals surface area contributed by atoms with Gasteiger partial charge in [-0.1, -0.05) is 17.7 Å². The normalized spacial score (nSPS) is 10.6. The number of nitrogens with one attached hydrogen (secondary N) is 1. The zero-order valence-electron chi connectivity index (χ0n) is 13.4. The predicted octanol–water partition coefficient (Wildman–Crippen LogP) is 2.64. The number of hydrogen-bond acceptors (Lipinski definition) is 6. The van der Waals surface area contributed by atoms with Crippen molar-refractivity contribution in [3.05, 3.63) is 68.2 Å². The summed E-state index contributed by atoms with van der Waals surface area (Å²) in [5.74, 6) is -1.52. The maximum atomic E-state index is 12.1. The number of thiophene rings is 1. The number of esters is 1. The summed E-state index contributed by atoms with van der Waals surface area (Å²) in [5.41, 5.74) is 0.879. The molecule has 128 valence electrons. The monoisotopic (exact) mass is 357 g/mol. The number of hydrogen-bond donors (Lipinski definition) is 1. The highest BCUT2D eigenvalue weighted by Crippen LogP contribution is 2.14. The van der Waals surface area contributed by atoms with E-state index in [0.717, 1.165) is 16.5 Å². The van der Waals surface area contributed by atoms with Gasteiger partial charge in [-0.2, -0.15) is 0 Å². The summed E-state index contributed by atoms with van der Waals surface area (Å²) in [6.45, 7) is 1.79. The third-order valence-electron chi connectivity index (χ3n) is 3.46. The third kappa shape index (κ3) is 4.13. The second kappa shape index (κ2) is 7.31. The highest BCUT2D eigenvalue weighted by Gasteiger charge is 2.15. The van der Waals surface area contributed by atoms with Crippen molar-refractivity contribution in [3.63, 3.8) is 0 Å². The lowest BCUT2D eigenvalue weighted by molar-refractivity contribution is -0.124. The molecule has 6 nitrogen and oxygen atoms in total. The van der Waals surface area contributed by atoms with E-state index >= 15 is 0 Å². The van der Waals surface area contributed by atoms with Gasteiger partial charge in [0.1, 0.15) is 5.58 Å². The Morgan fingerprint density at radius 2 is 2.08 bits per heavy atom. The van der Waals surface area contributed by atoms with Gasteiger partial charge in [-0.25, -0.2) is 4.79 Å². The van der Waals surface area contributed by atoms with Crippen LogP contribution in [0.1, 0.15) is 21.0 Å². The first-order valence-corrected chi connectivity index (χ1v) is 8.41. The van der Waals surface area contributed by atoms with Crippen molar-refractivity contribution >= 4 is 34.2 Å². The van der Waals surface area contributed by atoms with E-state index in [-0.39, 0.29) is 11.2 Å². The molecule has 0 spiro atoms. The van der Waals surface area contributed by atoms with Crippen LogP contribution in [0.4, 0.5) is 0 Å². The van der Waals surface area contributed by atoms with E-state index in [1.54, 1.807) is 18.2 Å². The van der Waals surface area contributed by atoms with E-state index in [1.165, 1.54) is 11.3 Å². The van der Waals surface area contributed by atoms with Gasteiger partial charge in [0.25, 0.3) is 5.91 Å². The minimum atomic E-state index is -0.856. The first-order chi connectivity index (χ1) is 12.0. The van der Waals surface area contributed by atoms with Crippen molar-refractivity contribution in [2.45, 2.75) is 13.5 Å². The van der Waals surface area contributed by atoms with Crippen LogP contribution in [-0.4, -0.2) is 18.5 Å². The topological polar surface area (TPSA) is 85.6 Å². The van der Waals surface area contributed by atoms with E-state index < -0.39 is 18.5 Å². The number of ether oxygens (including phenoxy) is 1. The molecule has 0 aliphatic rings. The fourth-order valence-corrected chi connectivity index (χ4v) is 2.87. The van der Waals surface area contributed by atoms with Crippen molar-refractivity contribution in [3.8, 4) is 0 Å². The summed E-state index contributed by atoms with van der Waals surface area (Å²) < 4.78 is 10.3. The molecule has 0 saturated carbocycles. The van der Waals surface area contributed by atoms with Gasteiger partial charge in [-0.15, -0.1) is 11.3 Å². The maximum absolute atomic E-state index is 12.1. The smallest absolute Gasteiger partial charge is 0.374 e. The molecule has 3 rings (SSSR count). The number of rotatable bonds is 5. The molecule has 2 aromatic heterocycles. The van der Waals surface area contributed by atoms with Crippen LogP contribution in [0, 0.1) is 6.92 Å². The number of fused-ring (bicyclic) bond motifs is 1. The molecular weight excluding hydrogens is 342 g/mol. The van der Waals surface area contributed by atoms with Gasteiger partial charge in [-0.05, 0) is 30.5 Å². The Morgan fingerprint density at radius 1 is 1.24 bits per heavy atom. The number of benzene rings is 1. The summed E-state index contributed by atoms with van der Waals surface area (Å²) >= 11 is 1.52. The van der Waals surface area contributed by atoms with Gasteiger partial charge < -0.3 is 14.5 Å². The molecule has 0 fully saturated rings. The van der Waals surface area contributed by atoms with Gasteiger partial charge in [0.05, 0.1) is 11.9 Å². The second-order valence-corrected chi connectivity index (χ2v) is 6.44. The number of aryl methyl sites for hydroxylation is 1. The van der Waals surface area contributed by atoms with E-state index in [9.17, 15) is 14.4 Å². The maximum Gasteiger partial charge on any atom is 0.374 e. The largest absolute Gasteiger partial charge is 0.450 e. The molecule has 1 aromatic carbocycles. The average Bonchev–Trinajstić information content (AvgIpc) is 3.12. The first kappa shape index (κ1) is 16.9. The van der Waals surface area contributed by atoms with Gasteiger partial charge in [0.2, 0.25) is 5.76 Å². The molecular formula is C18H15NO5S. The summed E-state index contributed by atoms with van der Waals surface area (Å²) in [6.07, 6.45) is 0. The van der Waals surface area contributed by atoms with E-state index in [4.69, 9.17) is 9.15 Å². The Labute approximate surface area is 147 Å². The molecule has 3 aromatic rings. The van der Waals surface area contributed by atoms with Crippen LogP contribution in [0.5, 0.6) is 0 Å². The van der Waals surface area contributed by atoms with Crippen LogP contribution in [0.25, 0.3) is 11.0 Å². The molecule has 0 aliphatic carbocycles. The first-order valence-electron chi connectivity index (χ1n) is 7.53. The molecule has 25 heavy (non-hydrogen) atoms. The van der Waals surface area contributed by atoms with Crippen molar-refractivity contribution in [1.29, 1.82) is 0 Å². The molecule has 0 unspecified atom stereocenters. The van der Waals surface area contributed by atoms with Crippen molar-refractivity contribution < 1.29 is 18.7 Å². The fourth-order valence-electron chi connectivity index (χ4n) is 2.22. The number of carbonyl (C=O) groups excluding carboxylic acids is 2. The molecule has 1 N–H and O–H groups in total. The van der Waals surface area contributed by atoms with Gasteiger partial charge >= 0.3 is 5.97 Å². The minimum absolute atomic E-state index is 0.229. The lowest BCUT2D eigenvalue weighted by Crippen LogP contribution is -2.28. The molecule has 1 amide bonds. The Kier molecular flexibility index (Phi) is 4.95. The zero-order valence-corrected chi connectivity index (χ0v) is 14.2. The molecule has 0 bridgehead atoms. The van der Waals surface area contributed by atoms with Crippen molar-refractivity contribution in [2.75, 3.05) is 6.61 Å². The lowest BCUT2D eigenvalue weighted by atomic mass is 10.1. The highest BCUT2D eigenvalue weighted by atomic mass is 32.1. The summed E-state index contributed by atoms with van der Waals surface area (Å²) in [5, 5.41) is 4.94. The van der Waals surface area contributed by atoms with Crippen LogP contribution in [0.3, 0.4) is 0 Å². The Morgan fingerprint density at radius 3 is 2.84 bits per heavy atom. The predicted molar refractivity (Wildman–Crippen MR) is 93.7 cm³/mol. The quantitative estimate of drug-likeness (QED) is 0.710. The molecule has 7 heteroatoms. The molecule has 2 heterocycles. The van der Waals surface area contributed by atoms with E-state index in [1.807, 2.05) is 24.4 Å². The van der Waals surface area contributed by atoms with E-state index in [0.29, 0.717) is 17.5 Å². The van der Waals surface area contributed by atoms with Crippen LogP contribution < -0.4 is 10.7 Å². The lowest BCUT2D eigenvalue weighted by Gasteiger charge is -2.06. The molecule has 0 radical (unpaired) electrons. The summed E-state index contributed by atoms with van der Waals surface area (Å²) in [7, 11) is 0. The van der Waals surface area contributed by atoms with Crippen molar-refractivity contribution in [2.24, 2.45) is 0 Å². The number of amides is 1. The average molecular weight is 357 g/mol. The molecule has 0 aliphatic heterocycles. The number of carbonyl (C=O) groups is 2. The molecule has 0 atom stereocenters. The van der Waals surface area contributed by atoms with Crippen LogP contribution in [0.2, 0.25) is 0 Å². The van der Waals surface area contributed by atoms with Crippen LogP contribution in [-0.2, 0) is 16.1 Å². The Bertz CT molecular complexity index is 975. The van der Waals surface area contributed by atoms with Crippen molar-refractivity contribution in [1.82, 2.24) is 5.32 Å². The molecule has 0 saturated heterocycles. The summed E-state index contributed by atoms with van der Waals surface area (Å²) in [6, 6.07) is 9.94. The van der Waals surface area contributed by atoms with Crippen LogP contribution in [0.15, 0.2) is 51.0 Å². The van der Waals surface area contributed by atoms with Gasteiger partial charge in [0.15, 0.2) is 12.0 Å². The minimum Gasteiger partial charge on any atom is -0.450 e. The summed E-state index contributed by atoms with van der Waals surface area (Å²) in [4.78, 5) is 36.8. The second-order valence-electron chi connectivity index (χ2n) is 5.41. The van der Waals surface area contributed by atoms with Gasteiger partial charge in [-0.3, -0.25) is 9.59 Å². The highest BCUT2D eigenvalue weighted by molar-refractivity contribution is 7.09. The SMILES string of the molecule is Cc1ccc2oc(C(=O)OCC(=O)NCc3cccs3)cc(=O)c2c1.